The van der Waals surface area contributed by atoms with Gasteiger partial charge in [0.15, 0.2) is 0 Å². The highest BCUT2D eigenvalue weighted by atomic mass is 19.1. The molecule has 0 N–H and O–H groups in total. The largest absolute Gasteiger partial charge is 0.497 e. The van der Waals surface area contributed by atoms with E-state index >= 15 is 0 Å². The van der Waals surface area contributed by atoms with Gasteiger partial charge in [-0.3, -0.25) is 4.79 Å². The fraction of sp³-hybridized carbons (Fsp3) is 0.179. The molecular weight excluding hydrogens is 415 g/mol. The zero-order valence-electron chi connectivity index (χ0n) is 18.7. The van der Waals surface area contributed by atoms with Gasteiger partial charge in [0.1, 0.15) is 11.6 Å². The second-order valence-corrected chi connectivity index (χ2v) is 8.02. The topological polar surface area (TPSA) is 34.5 Å². The number of carbonyl (C=O) groups is 1. The van der Waals surface area contributed by atoms with Crippen LogP contribution < -0.4 is 4.74 Å². The predicted molar refractivity (Wildman–Crippen MR) is 127 cm³/mol. The molecule has 0 saturated heterocycles. The summed E-state index contributed by atoms with van der Waals surface area (Å²) in [6, 6.07) is 28.1. The molecule has 0 radical (unpaired) electrons. The number of rotatable bonds is 9. The predicted octanol–water partition coefficient (Wildman–Crippen LogP) is 5.46. The van der Waals surface area contributed by atoms with Crippen molar-refractivity contribution in [3.63, 3.8) is 0 Å². The Balaban J connectivity index is 1.54. The van der Waals surface area contributed by atoms with E-state index in [1.807, 2.05) is 71.8 Å². The summed E-state index contributed by atoms with van der Waals surface area (Å²) in [5.74, 6) is 0.517. The van der Waals surface area contributed by atoms with E-state index < -0.39 is 0 Å². The Kier molecular flexibility index (Phi) is 7.20. The van der Waals surface area contributed by atoms with Crippen LogP contribution in [0.5, 0.6) is 5.75 Å². The van der Waals surface area contributed by atoms with Crippen molar-refractivity contribution in [1.29, 1.82) is 0 Å². The second-order valence-electron chi connectivity index (χ2n) is 8.02. The number of ether oxygens (including phenoxy) is 1. The third-order valence-corrected chi connectivity index (χ3v) is 5.60. The van der Waals surface area contributed by atoms with Gasteiger partial charge >= 0.3 is 0 Å². The molecule has 4 nitrogen and oxygen atoms in total. The lowest BCUT2D eigenvalue weighted by Gasteiger charge is -2.24. The number of carbonyl (C=O) groups excluding carboxylic acids is 1. The van der Waals surface area contributed by atoms with Gasteiger partial charge < -0.3 is 14.2 Å². The first-order valence-corrected chi connectivity index (χ1v) is 10.9. The lowest BCUT2D eigenvalue weighted by Crippen LogP contribution is -2.32. The number of hydrogen-bond acceptors (Lipinski definition) is 2. The van der Waals surface area contributed by atoms with Crippen LogP contribution in [-0.4, -0.2) is 22.5 Å². The number of halogens is 1. The number of nitrogens with zero attached hydrogens (tertiary/aromatic N) is 2. The molecule has 0 fully saturated rings. The van der Waals surface area contributed by atoms with Gasteiger partial charge in [0.2, 0.25) is 5.91 Å². The first kappa shape index (κ1) is 22.3. The molecule has 0 spiro atoms. The standard InChI is InChI=1S/C28H27FN2O2/c1-33-27-11-5-9-24(17-27)20-30-16-6-10-26(30)21-31(19-23-7-3-2-4-8-23)28(32)18-22-12-14-25(29)15-13-22/h2-17H,18-21H2,1H3. The Morgan fingerprint density at radius 2 is 1.61 bits per heavy atom. The van der Waals surface area contributed by atoms with Crippen LogP contribution in [-0.2, 0) is 30.8 Å². The summed E-state index contributed by atoms with van der Waals surface area (Å²) in [7, 11) is 1.66. The molecule has 0 unspecified atom stereocenters. The smallest absolute Gasteiger partial charge is 0.227 e. The van der Waals surface area contributed by atoms with Gasteiger partial charge in [-0.25, -0.2) is 4.39 Å². The number of benzene rings is 3. The van der Waals surface area contributed by atoms with Gasteiger partial charge in [0.25, 0.3) is 0 Å². The quantitative estimate of drug-likeness (QED) is 0.345. The minimum atomic E-state index is -0.303. The van der Waals surface area contributed by atoms with Crippen molar-refractivity contribution >= 4 is 5.91 Å². The maximum atomic E-state index is 13.3. The fourth-order valence-corrected chi connectivity index (χ4v) is 3.84. The Morgan fingerprint density at radius 3 is 2.36 bits per heavy atom. The minimum absolute atomic E-state index is 0.000378. The summed E-state index contributed by atoms with van der Waals surface area (Å²) < 4.78 is 20.8. The highest BCUT2D eigenvalue weighted by Gasteiger charge is 2.17. The molecular formula is C28H27FN2O2. The molecule has 0 atom stereocenters. The molecule has 3 aromatic carbocycles. The van der Waals surface area contributed by atoms with Gasteiger partial charge in [-0.1, -0.05) is 54.6 Å². The molecule has 168 valence electrons. The number of amides is 1. The molecule has 1 heterocycles. The molecule has 4 aromatic rings. The summed E-state index contributed by atoms with van der Waals surface area (Å²) in [6.45, 7) is 1.67. The minimum Gasteiger partial charge on any atom is -0.497 e. The van der Waals surface area contributed by atoms with Gasteiger partial charge in [-0.15, -0.1) is 0 Å². The zero-order chi connectivity index (χ0) is 23.0. The van der Waals surface area contributed by atoms with E-state index in [0.29, 0.717) is 19.6 Å². The maximum absolute atomic E-state index is 13.3. The summed E-state index contributed by atoms with van der Waals surface area (Å²) in [4.78, 5) is 15.1. The Bertz CT molecular complexity index is 1190. The number of aromatic nitrogens is 1. The van der Waals surface area contributed by atoms with Crippen molar-refractivity contribution in [2.75, 3.05) is 7.11 Å². The van der Waals surface area contributed by atoms with Crippen LogP contribution in [0.25, 0.3) is 0 Å². The van der Waals surface area contributed by atoms with Crippen LogP contribution in [0.3, 0.4) is 0 Å². The zero-order valence-corrected chi connectivity index (χ0v) is 18.7. The Labute approximate surface area is 193 Å². The normalized spacial score (nSPS) is 10.7. The van der Waals surface area contributed by atoms with Gasteiger partial charge in [-0.2, -0.15) is 0 Å². The van der Waals surface area contributed by atoms with E-state index in [1.54, 1.807) is 19.2 Å². The van der Waals surface area contributed by atoms with Crippen LogP contribution in [0.4, 0.5) is 4.39 Å². The van der Waals surface area contributed by atoms with Crippen molar-refractivity contribution in [1.82, 2.24) is 9.47 Å². The van der Waals surface area contributed by atoms with Crippen LogP contribution >= 0.6 is 0 Å². The van der Waals surface area contributed by atoms with E-state index in [0.717, 1.165) is 28.1 Å². The van der Waals surface area contributed by atoms with Crippen molar-refractivity contribution in [3.05, 3.63) is 125 Å². The lowest BCUT2D eigenvalue weighted by molar-refractivity contribution is -0.131. The number of methoxy groups -OCH3 is 1. The van der Waals surface area contributed by atoms with E-state index in [1.165, 1.54) is 12.1 Å². The molecule has 5 heteroatoms. The van der Waals surface area contributed by atoms with Crippen molar-refractivity contribution < 1.29 is 13.9 Å². The monoisotopic (exact) mass is 442 g/mol. The molecule has 33 heavy (non-hydrogen) atoms. The van der Waals surface area contributed by atoms with Crippen LogP contribution in [0, 0.1) is 5.82 Å². The second kappa shape index (κ2) is 10.6. The average Bonchev–Trinajstić information content (AvgIpc) is 3.27. The molecule has 1 amide bonds. The van der Waals surface area contributed by atoms with Crippen LogP contribution in [0.15, 0.2) is 97.2 Å². The van der Waals surface area contributed by atoms with E-state index in [2.05, 4.69) is 10.6 Å². The first-order valence-electron chi connectivity index (χ1n) is 10.9. The van der Waals surface area contributed by atoms with Crippen molar-refractivity contribution in [2.45, 2.75) is 26.1 Å². The van der Waals surface area contributed by atoms with E-state index in [-0.39, 0.29) is 18.1 Å². The molecule has 0 saturated carbocycles. The summed E-state index contributed by atoms with van der Waals surface area (Å²) in [6.07, 6.45) is 2.25. The van der Waals surface area contributed by atoms with E-state index in [9.17, 15) is 9.18 Å². The third-order valence-electron chi connectivity index (χ3n) is 5.60. The molecule has 4 rings (SSSR count). The van der Waals surface area contributed by atoms with Crippen molar-refractivity contribution in [2.24, 2.45) is 0 Å². The van der Waals surface area contributed by atoms with Crippen LogP contribution in [0.2, 0.25) is 0 Å². The summed E-state index contributed by atoms with van der Waals surface area (Å²) >= 11 is 0. The SMILES string of the molecule is COc1cccc(Cn2cccc2CN(Cc2ccccc2)C(=O)Cc2ccc(F)cc2)c1. The number of hydrogen-bond donors (Lipinski definition) is 0. The Hall–Kier alpha value is -3.86. The van der Waals surface area contributed by atoms with Gasteiger partial charge in [0, 0.05) is 25.0 Å². The molecule has 0 aliphatic carbocycles. The van der Waals surface area contributed by atoms with E-state index in [4.69, 9.17) is 4.74 Å². The average molecular weight is 443 g/mol. The Morgan fingerprint density at radius 1 is 0.848 bits per heavy atom. The third kappa shape index (κ3) is 6.10. The molecule has 0 bridgehead atoms. The molecule has 1 aromatic heterocycles. The molecule has 0 aliphatic heterocycles. The summed E-state index contributed by atoms with van der Waals surface area (Å²) in [5, 5.41) is 0. The lowest BCUT2D eigenvalue weighted by atomic mass is 10.1. The van der Waals surface area contributed by atoms with Crippen molar-refractivity contribution in [3.8, 4) is 5.75 Å². The highest BCUT2D eigenvalue weighted by Crippen LogP contribution is 2.18. The van der Waals surface area contributed by atoms with Gasteiger partial charge in [0.05, 0.1) is 20.1 Å². The maximum Gasteiger partial charge on any atom is 0.227 e. The first-order chi connectivity index (χ1) is 16.1. The van der Waals surface area contributed by atoms with Crippen LogP contribution in [0.1, 0.15) is 22.4 Å². The molecule has 0 aliphatic rings. The van der Waals surface area contributed by atoms with Gasteiger partial charge in [-0.05, 0) is 53.1 Å². The highest BCUT2D eigenvalue weighted by molar-refractivity contribution is 5.78. The fourth-order valence-electron chi connectivity index (χ4n) is 3.84. The summed E-state index contributed by atoms with van der Waals surface area (Å²) in [5.41, 5.74) is 4.03.